The molecule has 1 heterocycles. The van der Waals surface area contributed by atoms with Gasteiger partial charge in [-0.05, 0) is 64.7 Å². The summed E-state index contributed by atoms with van der Waals surface area (Å²) >= 11 is 0. The maximum Gasteiger partial charge on any atom is 0.0729 e. The van der Waals surface area contributed by atoms with Crippen molar-refractivity contribution in [3.8, 4) is 0 Å². The lowest BCUT2D eigenvalue weighted by Crippen LogP contribution is -2.54. The van der Waals surface area contributed by atoms with Crippen LogP contribution in [0.3, 0.4) is 0 Å². The lowest BCUT2D eigenvalue weighted by atomic mass is 9.58. The molecule has 1 saturated carbocycles. The topological polar surface area (TPSA) is 29.5 Å². The van der Waals surface area contributed by atoms with Crippen LogP contribution in [0.25, 0.3) is 0 Å². The minimum Gasteiger partial charge on any atom is -0.389 e. The van der Waals surface area contributed by atoms with Gasteiger partial charge in [-0.25, -0.2) is 0 Å². The van der Waals surface area contributed by atoms with Crippen molar-refractivity contribution in [2.75, 3.05) is 0 Å². The molecule has 3 unspecified atom stereocenters. The molecule has 112 valence electrons. The third-order valence-electron chi connectivity index (χ3n) is 5.59. The molecule has 2 rings (SSSR count). The minimum absolute atomic E-state index is 0.115. The van der Waals surface area contributed by atoms with Gasteiger partial charge < -0.3 is 9.84 Å². The van der Waals surface area contributed by atoms with E-state index in [1.165, 1.54) is 0 Å². The first-order valence-corrected chi connectivity index (χ1v) is 7.81. The molecule has 3 atom stereocenters. The fraction of sp³-hybridized carbons (Fsp3) is 1.00. The SMILES string of the molecule is CC1CC(C)(C)CCC1(O)C1CC(C)(C)OC1(C)C. The van der Waals surface area contributed by atoms with E-state index in [1.54, 1.807) is 0 Å². The summed E-state index contributed by atoms with van der Waals surface area (Å²) in [7, 11) is 0. The van der Waals surface area contributed by atoms with Crippen LogP contribution in [0, 0.1) is 17.3 Å². The molecule has 0 bridgehead atoms. The second kappa shape index (κ2) is 4.21. The van der Waals surface area contributed by atoms with E-state index in [0.29, 0.717) is 11.3 Å². The Bertz CT molecular complexity index is 356. The summed E-state index contributed by atoms with van der Waals surface area (Å²) in [6.45, 7) is 15.5. The molecule has 2 heteroatoms. The second-order valence-electron chi connectivity index (χ2n) is 8.98. The molecule has 2 aliphatic rings. The quantitative estimate of drug-likeness (QED) is 0.774. The van der Waals surface area contributed by atoms with Crippen molar-refractivity contribution < 1.29 is 9.84 Å². The summed E-state index contributed by atoms with van der Waals surface area (Å²) in [5.74, 6) is 0.583. The van der Waals surface area contributed by atoms with E-state index in [4.69, 9.17) is 4.74 Å². The van der Waals surface area contributed by atoms with Gasteiger partial charge in [0, 0.05) is 5.92 Å². The van der Waals surface area contributed by atoms with Gasteiger partial charge in [-0.3, -0.25) is 0 Å². The largest absolute Gasteiger partial charge is 0.389 e. The van der Waals surface area contributed by atoms with E-state index < -0.39 is 5.60 Å². The van der Waals surface area contributed by atoms with Gasteiger partial charge in [-0.2, -0.15) is 0 Å². The highest BCUT2D eigenvalue weighted by Crippen LogP contribution is 2.55. The van der Waals surface area contributed by atoms with Gasteiger partial charge >= 0.3 is 0 Å². The van der Waals surface area contributed by atoms with Crippen molar-refractivity contribution in [2.24, 2.45) is 17.3 Å². The lowest BCUT2D eigenvalue weighted by molar-refractivity contribution is -0.155. The highest BCUT2D eigenvalue weighted by atomic mass is 16.5. The Morgan fingerprint density at radius 2 is 1.53 bits per heavy atom. The third-order valence-corrected chi connectivity index (χ3v) is 5.59. The van der Waals surface area contributed by atoms with E-state index in [0.717, 1.165) is 25.7 Å². The van der Waals surface area contributed by atoms with E-state index >= 15 is 0 Å². The molecular formula is C17H32O2. The Labute approximate surface area is 118 Å². The first-order chi connectivity index (χ1) is 8.38. The van der Waals surface area contributed by atoms with Gasteiger partial charge in [-0.1, -0.05) is 20.8 Å². The molecule has 1 aliphatic carbocycles. The molecule has 0 amide bonds. The van der Waals surface area contributed by atoms with Crippen LogP contribution in [0.15, 0.2) is 0 Å². The van der Waals surface area contributed by atoms with E-state index in [9.17, 15) is 5.11 Å². The van der Waals surface area contributed by atoms with Gasteiger partial charge in [0.05, 0.1) is 16.8 Å². The predicted molar refractivity (Wildman–Crippen MR) is 79.1 cm³/mol. The van der Waals surface area contributed by atoms with Crippen molar-refractivity contribution in [1.82, 2.24) is 0 Å². The summed E-state index contributed by atoms with van der Waals surface area (Å²) < 4.78 is 6.21. The maximum absolute atomic E-state index is 11.4. The summed E-state index contributed by atoms with van der Waals surface area (Å²) in [6, 6.07) is 0. The van der Waals surface area contributed by atoms with E-state index in [2.05, 4.69) is 48.5 Å². The molecule has 1 aliphatic heterocycles. The van der Waals surface area contributed by atoms with Crippen molar-refractivity contribution in [3.05, 3.63) is 0 Å². The molecule has 0 aromatic rings. The summed E-state index contributed by atoms with van der Waals surface area (Å²) in [5.41, 5.74) is -0.540. The fourth-order valence-corrected chi connectivity index (χ4v) is 4.75. The summed E-state index contributed by atoms with van der Waals surface area (Å²) in [6.07, 6.45) is 4.09. The van der Waals surface area contributed by atoms with Crippen LogP contribution in [0.5, 0.6) is 0 Å². The Morgan fingerprint density at radius 3 is 1.95 bits per heavy atom. The Hall–Kier alpha value is -0.0800. The van der Waals surface area contributed by atoms with E-state index in [-0.39, 0.29) is 17.1 Å². The highest BCUT2D eigenvalue weighted by molar-refractivity contribution is 5.08. The fourth-order valence-electron chi connectivity index (χ4n) is 4.75. The standard InChI is InChI=1S/C17H32O2/c1-12-10-14(2,3)8-9-17(12,18)13-11-15(4,5)19-16(13,6)7/h12-13,18H,8-11H2,1-7H3. The summed E-state index contributed by atoms with van der Waals surface area (Å²) in [5, 5.41) is 11.4. The number of aliphatic hydroxyl groups is 1. The zero-order chi connectivity index (χ0) is 14.7. The van der Waals surface area contributed by atoms with Gasteiger partial charge in [0.1, 0.15) is 0 Å². The highest BCUT2D eigenvalue weighted by Gasteiger charge is 2.58. The predicted octanol–water partition coefficient (Wildman–Crippen LogP) is 4.16. The van der Waals surface area contributed by atoms with Crippen molar-refractivity contribution in [3.63, 3.8) is 0 Å². The minimum atomic E-state index is -0.563. The normalized spacial score (nSPS) is 44.2. The van der Waals surface area contributed by atoms with Gasteiger partial charge in [0.2, 0.25) is 0 Å². The van der Waals surface area contributed by atoms with Gasteiger partial charge in [-0.15, -0.1) is 0 Å². The van der Waals surface area contributed by atoms with Crippen LogP contribution in [0.1, 0.15) is 74.1 Å². The molecule has 19 heavy (non-hydrogen) atoms. The lowest BCUT2D eigenvalue weighted by Gasteiger charge is -2.50. The Kier molecular flexibility index (Phi) is 3.39. The third kappa shape index (κ3) is 2.71. The van der Waals surface area contributed by atoms with Crippen LogP contribution in [-0.4, -0.2) is 21.9 Å². The number of hydrogen-bond acceptors (Lipinski definition) is 2. The number of rotatable bonds is 1. The molecule has 1 N–H and O–H groups in total. The molecule has 0 spiro atoms. The molecule has 2 nitrogen and oxygen atoms in total. The number of hydrogen-bond donors (Lipinski definition) is 1. The van der Waals surface area contributed by atoms with Crippen molar-refractivity contribution >= 4 is 0 Å². The van der Waals surface area contributed by atoms with Gasteiger partial charge in [0.15, 0.2) is 0 Å². The monoisotopic (exact) mass is 268 g/mol. The Balaban J connectivity index is 2.26. The Morgan fingerprint density at radius 1 is 0.947 bits per heavy atom. The first-order valence-electron chi connectivity index (χ1n) is 7.81. The van der Waals surface area contributed by atoms with Crippen LogP contribution in [0.2, 0.25) is 0 Å². The van der Waals surface area contributed by atoms with Crippen molar-refractivity contribution in [1.29, 1.82) is 0 Å². The molecule has 2 fully saturated rings. The zero-order valence-corrected chi connectivity index (χ0v) is 13.8. The molecule has 0 aromatic carbocycles. The molecular weight excluding hydrogens is 236 g/mol. The van der Waals surface area contributed by atoms with Crippen LogP contribution < -0.4 is 0 Å². The smallest absolute Gasteiger partial charge is 0.0729 e. The molecule has 1 saturated heterocycles. The zero-order valence-electron chi connectivity index (χ0n) is 13.8. The molecule has 0 aromatic heterocycles. The van der Waals surface area contributed by atoms with Crippen molar-refractivity contribution in [2.45, 2.75) is 91.0 Å². The number of ether oxygens (including phenoxy) is 1. The first kappa shape index (κ1) is 15.3. The van der Waals surface area contributed by atoms with Gasteiger partial charge in [0.25, 0.3) is 0 Å². The average molecular weight is 268 g/mol. The second-order valence-corrected chi connectivity index (χ2v) is 8.98. The molecule has 0 radical (unpaired) electrons. The average Bonchev–Trinajstić information content (AvgIpc) is 2.41. The van der Waals surface area contributed by atoms with Crippen LogP contribution >= 0.6 is 0 Å². The van der Waals surface area contributed by atoms with Crippen LogP contribution in [-0.2, 0) is 4.74 Å². The van der Waals surface area contributed by atoms with E-state index in [1.807, 2.05) is 0 Å². The van der Waals surface area contributed by atoms with Crippen LogP contribution in [0.4, 0.5) is 0 Å². The summed E-state index contributed by atoms with van der Waals surface area (Å²) in [4.78, 5) is 0. The maximum atomic E-state index is 11.4.